The van der Waals surface area contributed by atoms with Gasteiger partial charge in [-0.1, -0.05) is 12.2 Å². The van der Waals surface area contributed by atoms with Gasteiger partial charge in [0.25, 0.3) is 0 Å². The molecule has 0 aromatic rings. The van der Waals surface area contributed by atoms with Crippen LogP contribution in [0, 0.1) is 0 Å². The Morgan fingerprint density at radius 1 is 1.22 bits per heavy atom. The van der Waals surface area contributed by atoms with Crippen LogP contribution < -0.4 is 5.32 Å². The van der Waals surface area contributed by atoms with Crippen LogP contribution in [0.15, 0.2) is 12.2 Å². The lowest BCUT2D eigenvalue weighted by Crippen LogP contribution is -2.49. The third-order valence-electron chi connectivity index (χ3n) is 3.96. The van der Waals surface area contributed by atoms with Crippen molar-refractivity contribution in [3.05, 3.63) is 12.2 Å². The van der Waals surface area contributed by atoms with Gasteiger partial charge in [0, 0.05) is 45.3 Å². The highest BCUT2D eigenvalue weighted by Crippen LogP contribution is 2.10. The molecule has 1 aliphatic rings. The van der Waals surface area contributed by atoms with E-state index in [0.717, 1.165) is 45.6 Å². The minimum atomic E-state index is -0.439. The summed E-state index contributed by atoms with van der Waals surface area (Å²) in [5, 5.41) is 2.79. The van der Waals surface area contributed by atoms with Crippen LogP contribution in [0.2, 0.25) is 0 Å². The smallest absolute Gasteiger partial charge is 0.407 e. The van der Waals surface area contributed by atoms with Gasteiger partial charge in [-0.15, -0.1) is 0 Å². The molecule has 0 atom stereocenters. The molecule has 0 bridgehead atoms. The van der Waals surface area contributed by atoms with Crippen LogP contribution in [0.25, 0.3) is 0 Å². The lowest BCUT2D eigenvalue weighted by atomic mass is 10.1. The summed E-state index contributed by atoms with van der Waals surface area (Å²) >= 11 is 0. The minimum Gasteiger partial charge on any atom is -0.444 e. The van der Waals surface area contributed by atoms with E-state index in [1.54, 1.807) is 0 Å². The van der Waals surface area contributed by atoms with Crippen molar-refractivity contribution in [3.8, 4) is 0 Å². The summed E-state index contributed by atoms with van der Waals surface area (Å²) in [5.41, 5.74) is 0.806. The highest BCUT2D eigenvalue weighted by atomic mass is 16.6. The summed E-state index contributed by atoms with van der Waals surface area (Å²) in [5.74, 6) is 0. The Kier molecular flexibility index (Phi) is 8.06. The molecule has 0 saturated carbocycles. The lowest BCUT2D eigenvalue weighted by Gasteiger charge is -2.37. The van der Waals surface area contributed by atoms with E-state index in [9.17, 15) is 4.79 Å². The number of carbonyl (C=O) groups excluding carboxylic acids is 1. The maximum absolute atomic E-state index is 11.5. The van der Waals surface area contributed by atoms with E-state index in [2.05, 4.69) is 35.5 Å². The van der Waals surface area contributed by atoms with E-state index >= 15 is 0 Å². The van der Waals surface area contributed by atoms with Crippen molar-refractivity contribution >= 4 is 6.09 Å². The SMILES string of the molecule is C=C(CCCNC(=O)OC(C)(C)C)CN1CCN(C(C)C)CC1. The molecular formula is C18H35N3O2. The number of nitrogens with zero attached hydrogens (tertiary/aromatic N) is 2. The van der Waals surface area contributed by atoms with Crippen LogP contribution in [0.1, 0.15) is 47.5 Å². The first-order chi connectivity index (χ1) is 10.7. The highest BCUT2D eigenvalue weighted by molar-refractivity contribution is 5.67. The zero-order chi connectivity index (χ0) is 17.5. The average Bonchev–Trinajstić information content (AvgIpc) is 2.42. The van der Waals surface area contributed by atoms with Gasteiger partial charge in [0.15, 0.2) is 0 Å². The number of piperazine rings is 1. The first kappa shape index (κ1) is 20.0. The van der Waals surface area contributed by atoms with E-state index < -0.39 is 5.60 Å². The number of rotatable bonds is 7. The van der Waals surface area contributed by atoms with Crippen molar-refractivity contribution < 1.29 is 9.53 Å². The predicted molar refractivity (Wildman–Crippen MR) is 95.8 cm³/mol. The Bertz CT molecular complexity index is 380. The fraction of sp³-hybridized carbons (Fsp3) is 0.833. The second-order valence-electron chi connectivity index (χ2n) is 7.69. The van der Waals surface area contributed by atoms with Crippen molar-refractivity contribution in [1.82, 2.24) is 15.1 Å². The summed E-state index contributed by atoms with van der Waals surface area (Å²) in [6, 6.07) is 0.638. The van der Waals surface area contributed by atoms with Crippen LogP contribution in [0.5, 0.6) is 0 Å². The average molecular weight is 325 g/mol. The van der Waals surface area contributed by atoms with Crippen LogP contribution >= 0.6 is 0 Å². The van der Waals surface area contributed by atoms with Gasteiger partial charge in [-0.2, -0.15) is 0 Å². The Balaban J connectivity index is 2.10. The second-order valence-corrected chi connectivity index (χ2v) is 7.69. The predicted octanol–water partition coefficient (Wildman–Crippen LogP) is 2.87. The van der Waals surface area contributed by atoms with Crippen LogP contribution in [0.4, 0.5) is 4.79 Å². The first-order valence-electron chi connectivity index (χ1n) is 8.77. The molecular weight excluding hydrogens is 290 g/mol. The maximum atomic E-state index is 11.5. The minimum absolute atomic E-state index is 0.340. The van der Waals surface area contributed by atoms with Crippen molar-refractivity contribution in [3.63, 3.8) is 0 Å². The molecule has 0 aromatic heterocycles. The van der Waals surface area contributed by atoms with Crippen molar-refractivity contribution in [1.29, 1.82) is 0 Å². The molecule has 23 heavy (non-hydrogen) atoms. The fourth-order valence-corrected chi connectivity index (χ4v) is 2.68. The molecule has 0 unspecified atom stereocenters. The Labute approximate surface area is 142 Å². The van der Waals surface area contributed by atoms with E-state index in [0.29, 0.717) is 12.6 Å². The summed E-state index contributed by atoms with van der Waals surface area (Å²) in [6.45, 7) is 20.4. The van der Waals surface area contributed by atoms with Gasteiger partial charge in [0.1, 0.15) is 5.60 Å². The lowest BCUT2D eigenvalue weighted by molar-refractivity contribution is 0.0527. The monoisotopic (exact) mass is 325 g/mol. The Morgan fingerprint density at radius 2 is 1.83 bits per heavy atom. The molecule has 1 fully saturated rings. The Hall–Kier alpha value is -1.07. The number of amides is 1. The third kappa shape index (κ3) is 8.96. The molecule has 0 aliphatic carbocycles. The molecule has 1 aliphatic heterocycles. The van der Waals surface area contributed by atoms with Gasteiger partial charge in [0.05, 0.1) is 0 Å². The van der Waals surface area contributed by atoms with E-state index in [1.165, 1.54) is 5.57 Å². The Morgan fingerprint density at radius 3 is 2.35 bits per heavy atom. The first-order valence-corrected chi connectivity index (χ1v) is 8.77. The van der Waals surface area contributed by atoms with Gasteiger partial charge < -0.3 is 10.1 Å². The molecule has 134 valence electrons. The molecule has 1 rings (SSSR count). The molecule has 1 saturated heterocycles. The van der Waals surface area contributed by atoms with Gasteiger partial charge in [-0.3, -0.25) is 9.80 Å². The zero-order valence-electron chi connectivity index (χ0n) is 15.7. The molecule has 0 spiro atoms. The molecule has 0 aromatic carbocycles. The molecule has 1 N–H and O–H groups in total. The largest absolute Gasteiger partial charge is 0.444 e. The standard InChI is InChI=1S/C18H35N3O2/c1-15(2)21-12-10-20(11-13-21)14-16(3)8-7-9-19-17(22)23-18(4,5)6/h15H,3,7-14H2,1-2,4-6H3,(H,19,22). The number of hydrogen-bond donors (Lipinski definition) is 1. The highest BCUT2D eigenvalue weighted by Gasteiger charge is 2.19. The second kappa shape index (κ2) is 9.28. The summed E-state index contributed by atoms with van der Waals surface area (Å²) in [6.07, 6.45) is 1.51. The zero-order valence-corrected chi connectivity index (χ0v) is 15.7. The van der Waals surface area contributed by atoms with Gasteiger partial charge in [-0.05, 0) is 47.5 Å². The van der Waals surface area contributed by atoms with E-state index in [4.69, 9.17) is 4.74 Å². The molecule has 5 nitrogen and oxygen atoms in total. The topological polar surface area (TPSA) is 44.8 Å². The fourth-order valence-electron chi connectivity index (χ4n) is 2.68. The number of hydrogen-bond acceptors (Lipinski definition) is 4. The van der Waals surface area contributed by atoms with Crippen LogP contribution in [-0.4, -0.2) is 66.8 Å². The number of carbonyl (C=O) groups is 1. The third-order valence-corrected chi connectivity index (χ3v) is 3.96. The van der Waals surface area contributed by atoms with Crippen molar-refractivity contribution in [2.24, 2.45) is 0 Å². The van der Waals surface area contributed by atoms with E-state index in [1.807, 2.05) is 20.8 Å². The summed E-state index contributed by atoms with van der Waals surface area (Å²) in [4.78, 5) is 16.5. The molecule has 5 heteroatoms. The molecule has 0 radical (unpaired) electrons. The van der Waals surface area contributed by atoms with Gasteiger partial charge in [0.2, 0.25) is 0 Å². The normalized spacial score (nSPS) is 17.3. The maximum Gasteiger partial charge on any atom is 0.407 e. The van der Waals surface area contributed by atoms with Crippen molar-refractivity contribution in [2.75, 3.05) is 39.3 Å². The summed E-state index contributed by atoms with van der Waals surface area (Å²) in [7, 11) is 0. The number of ether oxygens (including phenoxy) is 1. The van der Waals surface area contributed by atoms with Gasteiger partial charge in [-0.25, -0.2) is 4.79 Å². The van der Waals surface area contributed by atoms with Crippen LogP contribution in [-0.2, 0) is 4.74 Å². The quantitative estimate of drug-likeness (QED) is 0.577. The van der Waals surface area contributed by atoms with Crippen molar-refractivity contribution in [2.45, 2.75) is 59.1 Å². The molecule has 1 heterocycles. The van der Waals surface area contributed by atoms with E-state index in [-0.39, 0.29) is 6.09 Å². The van der Waals surface area contributed by atoms with Gasteiger partial charge >= 0.3 is 6.09 Å². The summed E-state index contributed by atoms with van der Waals surface area (Å²) < 4.78 is 5.21. The number of nitrogens with one attached hydrogen (secondary N) is 1. The van der Waals surface area contributed by atoms with Crippen LogP contribution in [0.3, 0.4) is 0 Å². The molecule has 1 amide bonds. The number of alkyl carbamates (subject to hydrolysis) is 1.